The minimum atomic E-state index is -5.12. The molecule has 0 spiro atoms. The number of rotatable bonds is 8. The largest absolute Gasteiger partial charge is 0.810 e. The van der Waals surface area contributed by atoms with Gasteiger partial charge in [-0.05, 0) is 24.3 Å². The molecule has 0 heterocycles. The molecule has 2 aromatic carbocycles. The summed E-state index contributed by atoms with van der Waals surface area (Å²) in [6.45, 7) is 0. The number of para-hydroxylation sites is 2. The Morgan fingerprint density at radius 2 is 0.806 bits per heavy atom. The maximum atomic E-state index is 11.0. The number of hydrogen-bond donors (Lipinski definition) is 0. The third kappa shape index (κ3) is 15.8. The van der Waals surface area contributed by atoms with Gasteiger partial charge in [0.1, 0.15) is 11.5 Å². The zero-order chi connectivity index (χ0) is 23.1. The summed E-state index contributed by atoms with van der Waals surface area (Å²) in [5.74, 6) is -3.09. The molecule has 0 aromatic heterocycles. The van der Waals surface area contributed by atoms with E-state index in [4.69, 9.17) is 0 Å². The summed E-state index contributed by atoms with van der Waals surface area (Å²) in [5.41, 5.74) is 0. The van der Waals surface area contributed by atoms with Crippen LogP contribution in [0.1, 0.15) is 0 Å². The molecule has 174 valence electrons. The van der Waals surface area contributed by atoms with Gasteiger partial charge in [0.25, 0.3) is 0 Å². The van der Waals surface area contributed by atoms with Gasteiger partial charge < -0.3 is 47.5 Å². The van der Waals surface area contributed by atoms with Crippen molar-refractivity contribution in [3.63, 3.8) is 0 Å². The van der Waals surface area contributed by atoms with Crippen molar-refractivity contribution in [1.82, 2.24) is 0 Å². The SMILES string of the molecule is O=P([O-])([O-])CP(=O)([O-])Oc1ccccc1.O=P([O-])([O-])CP(=O)([O-])Oc1ccccc1.[Mo]. The predicted molar refractivity (Wildman–Crippen MR) is 94.3 cm³/mol. The molecule has 0 saturated heterocycles. The summed E-state index contributed by atoms with van der Waals surface area (Å²) in [5, 5.41) is 0. The summed E-state index contributed by atoms with van der Waals surface area (Å²) in [6.07, 6.45) is 0. The van der Waals surface area contributed by atoms with Gasteiger partial charge in [0, 0.05) is 21.1 Å². The Labute approximate surface area is 191 Å². The molecule has 0 aliphatic rings. The van der Waals surface area contributed by atoms with Crippen LogP contribution in [0.15, 0.2) is 60.7 Å². The fourth-order valence-electron chi connectivity index (χ4n) is 1.77. The zero-order valence-electron chi connectivity index (χ0n) is 15.3. The third-order valence-corrected chi connectivity index (χ3v) is 9.19. The summed E-state index contributed by atoms with van der Waals surface area (Å²) < 4.78 is 51.4. The summed E-state index contributed by atoms with van der Waals surface area (Å²) in [6, 6.07) is 14.7. The Bertz CT molecular complexity index is 909. The molecule has 2 unspecified atom stereocenters. The zero-order valence-corrected chi connectivity index (χ0v) is 20.9. The van der Waals surface area contributed by atoms with E-state index in [9.17, 15) is 47.6 Å². The minimum Gasteiger partial charge on any atom is -0.810 e. The molecule has 0 amide bonds. The van der Waals surface area contributed by atoms with Crippen LogP contribution in [0.4, 0.5) is 0 Å². The van der Waals surface area contributed by atoms with E-state index in [1.54, 1.807) is 12.1 Å². The topological polar surface area (TPSA) is 225 Å². The molecular weight excluding hydrogens is 580 g/mol. The van der Waals surface area contributed by atoms with Crippen molar-refractivity contribution in [2.24, 2.45) is 0 Å². The van der Waals surface area contributed by atoms with E-state index >= 15 is 0 Å². The van der Waals surface area contributed by atoms with Gasteiger partial charge in [-0.3, -0.25) is 9.13 Å². The van der Waals surface area contributed by atoms with Crippen molar-refractivity contribution in [3.8, 4) is 11.5 Å². The first kappa shape index (κ1) is 30.4. The normalized spacial score (nSPS) is 15.2. The Morgan fingerprint density at radius 3 is 1.03 bits per heavy atom. The van der Waals surface area contributed by atoms with Gasteiger partial charge in [0.2, 0.25) is 0 Å². The molecule has 0 radical (unpaired) electrons. The molecule has 0 N–H and O–H groups in total. The van der Waals surface area contributed by atoms with Gasteiger partial charge in [-0.25, -0.2) is 0 Å². The van der Waals surface area contributed by atoms with Crippen molar-refractivity contribution in [3.05, 3.63) is 60.7 Å². The number of hydrogen-bond acceptors (Lipinski definition) is 12. The first-order valence-corrected chi connectivity index (χ1v) is 14.6. The van der Waals surface area contributed by atoms with Crippen LogP contribution in [0.5, 0.6) is 11.5 Å². The van der Waals surface area contributed by atoms with Gasteiger partial charge in [-0.2, -0.15) is 0 Å². The smallest absolute Gasteiger partial charge is 0.189 e. The van der Waals surface area contributed by atoms with E-state index in [1.807, 2.05) is 0 Å². The Hall–Kier alpha value is -0.592. The quantitative estimate of drug-likeness (QED) is 0.264. The van der Waals surface area contributed by atoms with E-state index in [-0.39, 0.29) is 32.6 Å². The van der Waals surface area contributed by atoms with Gasteiger partial charge >= 0.3 is 0 Å². The maximum absolute atomic E-state index is 11.0. The van der Waals surface area contributed by atoms with Gasteiger partial charge in [-0.15, -0.1) is 0 Å². The molecule has 12 nitrogen and oxygen atoms in total. The predicted octanol–water partition coefficient (Wildman–Crippen LogP) is -1.02. The average Bonchev–Trinajstić information content (AvgIpc) is 2.51. The monoisotopic (exact) mass is 596 g/mol. The first-order valence-electron chi connectivity index (χ1n) is 7.69. The summed E-state index contributed by atoms with van der Waals surface area (Å²) in [7, 11) is -19.6. The van der Waals surface area contributed by atoms with Crippen LogP contribution >= 0.6 is 30.4 Å². The van der Waals surface area contributed by atoms with E-state index in [0.717, 1.165) is 0 Å². The van der Waals surface area contributed by atoms with Crippen LogP contribution in [-0.4, -0.2) is 11.8 Å². The third-order valence-electron chi connectivity index (χ3n) is 2.67. The first-order chi connectivity index (χ1) is 13.6. The van der Waals surface area contributed by atoms with Gasteiger partial charge in [0.15, 0.2) is 15.2 Å². The molecular formula is C14H14MoO12P4-6. The Balaban J connectivity index is 0.000000562. The molecule has 2 rings (SSSR count). The van der Waals surface area contributed by atoms with Crippen molar-refractivity contribution in [2.75, 3.05) is 11.8 Å². The molecule has 0 aliphatic carbocycles. The number of benzene rings is 2. The molecule has 2 atom stereocenters. The summed E-state index contributed by atoms with van der Waals surface area (Å²) in [4.78, 5) is 63.1. The molecule has 0 aliphatic heterocycles. The van der Waals surface area contributed by atoms with Gasteiger partial charge in [-0.1, -0.05) is 51.6 Å². The van der Waals surface area contributed by atoms with Crippen molar-refractivity contribution in [2.45, 2.75) is 0 Å². The van der Waals surface area contributed by atoms with Crippen molar-refractivity contribution >= 4 is 30.4 Å². The van der Waals surface area contributed by atoms with E-state index in [2.05, 4.69) is 9.05 Å². The minimum absolute atomic E-state index is 0. The van der Waals surface area contributed by atoms with Crippen LogP contribution in [0.2, 0.25) is 0 Å². The van der Waals surface area contributed by atoms with Crippen LogP contribution in [0.25, 0.3) is 0 Å². The standard InChI is InChI=1S/2C7H10O6P2.Mo/c2*8-14(9,10)6-15(11,12)13-7-4-2-1-3-5-7;/h2*1-5H,6H2,(H,11,12)(H2,8,9,10);/p-6. The Kier molecular flexibility index (Phi) is 12.4. The molecule has 17 heteroatoms. The second-order valence-corrected chi connectivity index (χ2v) is 13.1. The van der Waals surface area contributed by atoms with E-state index in [0.29, 0.717) is 0 Å². The van der Waals surface area contributed by atoms with E-state index in [1.165, 1.54) is 48.5 Å². The molecule has 0 bridgehead atoms. The molecule has 2 aromatic rings. The fourth-order valence-corrected chi connectivity index (χ4v) is 6.51. The fraction of sp³-hybridized carbons (Fsp3) is 0.143. The van der Waals surface area contributed by atoms with Crippen LogP contribution in [-0.2, 0) is 39.3 Å². The van der Waals surface area contributed by atoms with E-state index < -0.39 is 42.2 Å². The van der Waals surface area contributed by atoms with Crippen LogP contribution in [0, 0.1) is 0 Å². The second kappa shape index (κ2) is 12.6. The second-order valence-electron chi connectivity index (χ2n) is 5.54. The van der Waals surface area contributed by atoms with Gasteiger partial charge in [0.05, 0.1) is 11.8 Å². The summed E-state index contributed by atoms with van der Waals surface area (Å²) >= 11 is 0. The van der Waals surface area contributed by atoms with Crippen molar-refractivity contribution in [1.29, 1.82) is 0 Å². The maximum Gasteiger partial charge on any atom is 0.189 e. The molecule has 0 fully saturated rings. The average molecular weight is 594 g/mol. The molecule has 31 heavy (non-hydrogen) atoms. The molecule has 0 saturated carbocycles. The van der Waals surface area contributed by atoms with Crippen molar-refractivity contribution < 1.29 is 77.7 Å². The van der Waals surface area contributed by atoms with Crippen LogP contribution < -0.4 is 38.4 Å². The van der Waals surface area contributed by atoms with Crippen LogP contribution in [0.3, 0.4) is 0 Å². The Morgan fingerprint density at radius 1 is 0.548 bits per heavy atom.